The molecule has 0 aliphatic rings. The summed E-state index contributed by atoms with van der Waals surface area (Å²) in [5.74, 6) is -0.244. The van der Waals surface area contributed by atoms with Gasteiger partial charge in [0, 0.05) is 21.0 Å². The van der Waals surface area contributed by atoms with Crippen LogP contribution in [-0.2, 0) is 5.54 Å². The van der Waals surface area contributed by atoms with Crippen LogP contribution in [-0.4, -0.2) is 0 Å². The molecule has 0 aromatic heterocycles. The number of hydrogen-bond donors (Lipinski definition) is 2. The number of nitrogen functional groups attached to an aromatic ring is 1. The highest BCUT2D eigenvalue weighted by Gasteiger charge is 2.19. The Morgan fingerprint density at radius 3 is 2.40 bits per heavy atom. The third-order valence-corrected chi connectivity index (χ3v) is 4.24. The molecule has 0 heterocycles. The van der Waals surface area contributed by atoms with E-state index in [2.05, 4.69) is 0 Å². The van der Waals surface area contributed by atoms with Crippen LogP contribution in [0.5, 0.6) is 0 Å². The van der Waals surface area contributed by atoms with Crippen molar-refractivity contribution in [2.24, 2.45) is 5.73 Å². The molecule has 0 saturated heterocycles. The first-order valence-corrected chi connectivity index (χ1v) is 7.22. The first kappa shape index (κ1) is 14.9. The average molecular weight is 290 g/mol. The van der Waals surface area contributed by atoms with Crippen molar-refractivity contribution >= 4 is 17.4 Å². The zero-order valence-corrected chi connectivity index (χ0v) is 12.7. The van der Waals surface area contributed by atoms with Crippen LogP contribution in [0.25, 0.3) is 0 Å². The number of nitrogens with two attached hydrogens (primary N) is 2. The normalized spacial score (nSPS) is 11.7. The highest BCUT2D eigenvalue weighted by molar-refractivity contribution is 7.99. The molecular formula is C16H19FN2S. The molecule has 0 aliphatic heterocycles. The van der Waals surface area contributed by atoms with E-state index in [0.717, 1.165) is 10.5 Å². The van der Waals surface area contributed by atoms with E-state index in [1.165, 1.54) is 17.8 Å². The molecule has 0 radical (unpaired) electrons. The Labute approximate surface area is 123 Å². The van der Waals surface area contributed by atoms with Gasteiger partial charge in [-0.25, -0.2) is 4.39 Å². The number of rotatable bonds is 3. The fourth-order valence-electron chi connectivity index (χ4n) is 1.98. The predicted octanol–water partition coefficient (Wildman–Crippen LogP) is 4.06. The van der Waals surface area contributed by atoms with Crippen LogP contribution in [0.15, 0.2) is 46.2 Å². The first-order chi connectivity index (χ1) is 9.29. The maximum atomic E-state index is 13.7. The molecule has 0 aliphatic carbocycles. The summed E-state index contributed by atoms with van der Waals surface area (Å²) in [5.41, 5.74) is 13.9. The van der Waals surface area contributed by atoms with E-state index in [1.807, 2.05) is 38.1 Å². The third-order valence-electron chi connectivity index (χ3n) is 3.09. The van der Waals surface area contributed by atoms with Crippen LogP contribution >= 0.6 is 11.8 Å². The van der Waals surface area contributed by atoms with Gasteiger partial charge in [-0.1, -0.05) is 30.0 Å². The zero-order valence-electron chi connectivity index (χ0n) is 11.9. The predicted molar refractivity (Wildman–Crippen MR) is 83.3 cm³/mol. The Morgan fingerprint density at radius 2 is 1.75 bits per heavy atom. The first-order valence-electron chi connectivity index (χ1n) is 6.41. The van der Waals surface area contributed by atoms with Gasteiger partial charge in [0.15, 0.2) is 0 Å². The monoisotopic (exact) mass is 290 g/mol. The Morgan fingerprint density at radius 1 is 1.10 bits per heavy atom. The smallest absolute Gasteiger partial charge is 0.127 e. The van der Waals surface area contributed by atoms with Crippen molar-refractivity contribution in [1.82, 2.24) is 0 Å². The molecule has 0 fully saturated rings. The van der Waals surface area contributed by atoms with Gasteiger partial charge < -0.3 is 11.5 Å². The maximum absolute atomic E-state index is 13.7. The van der Waals surface area contributed by atoms with Crippen molar-refractivity contribution < 1.29 is 4.39 Å². The lowest BCUT2D eigenvalue weighted by molar-refractivity contribution is 0.543. The molecule has 2 aromatic carbocycles. The van der Waals surface area contributed by atoms with Gasteiger partial charge in [-0.05, 0) is 50.1 Å². The third kappa shape index (κ3) is 3.14. The summed E-state index contributed by atoms with van der Waals surface area (Å²) in [5, 5.41) is 0. The van der Waals surface area contributed by atoms with Gasteiger partial charge in [-0.15, -0.1) is 0 Å². The van der Waals surface area contributed by atoms with E-state index in [4.69, 9.17) is 11.5 Å². The van der Waals surface area contributed by atoms with Crippen molar-refractivity contribution in [2.75, 3.05) is 5.73 Å². The molecule has 0 amide bonds. The second-order valence-electron chi connectivity index (χ2n) is 5.46. The lowest BCUT2D eigenvalue weighted by Crippen LogP contribution is -2.29. The summed E-state index contributed by atoms with van der Waals surface area (Å²) in [6.45, 7) is 5.61. The van der Waals surface area contributed by atoms with Crippen LogP contribution < -0.4 is 11.5 Å². The van der Waals surface area contributed by atoms with E-state index in [1.54, 1.807) is 13.0 Å². The topological polar surface area (TPSA) is 52.0 Å². The van der Waals surface area contributed by atoms with Crippen molar-refractivity contribution in [3.63, 3.8) is 0 Å². The largest absolute Gasteiger partial charge is 0.398 e. The van der Waals surface area contributed by atoms with E-state index >= 15 is 0 Å². The lowest BCUT2D eigenvalue weighted by Gasteiger charge is -2.22. The van der Waals surface area contributed by atoms with Gasteiger partial charge in [0.25, 0.3) is 0 Å². The minimum Gasteiger partial charge on any atom is -0.398 e. The lowest BCUT2D eigenvalue weighted by atomic mass is 9.96. The van der Waals surface area contributed by atoms with E-state index in [-0.39, 0.29) is 5.82 Å². The second-order valence-corrected chi connectivity index (χ2v) is 6.54. The number of halogens is 1. The molecule has 0 bridgehead atoms. The zero-order chi connectivity index (χ0) is 14.9. The van der Waals surface area contributed by atoms with Gasteiger partial charge in [0.05, 0.1) is 0 Å². The highest BCUT2D eigenvalue weighted by atomic mass is 32.2. The molecule has 4 heteroatoms. The Balaban J connectivity index is 2.43. The Bertz CT molecular complexity index is 633. The number of hydrogen-bond acceptors (Lipinski definition) is 3. The van der Waals surface area contributed by atoms with Gasteiger partial charge in [0.1, 0.15) is 5.82 Å². The van der Waals surface area contributed by atoms with E-state index in [0.29, 0.717) is 16.1 Å². The summed E-state index contributed by atoms with van der Waals surface area (Å²) < 4.78 is 13.7. The molecule has 0 unspecified atom stereocenters. The number of aryl methyl sites for hydroxylation is 1. The molecule has 2 aromatic rings. The molecule has 20 heavy (non-hydrogen) atoms. The van der Waals surface area contributed by atoms with Crippen LogP contribution in [0.4, 0.5) is 10.1 Å². The van der Waals surface area contributed by atoms with Crippen LogP contribution in [0.3, 0.4) is 0 Å². The maximum Gasteiger partial charge on any atom is 0.127 e. The summed E-state index contributed by atoms with van der Waals surface area (Å²) >= 11 is 1.45. The molecule has 2 nitrogen and oxygen atoms in total. The number of anilines is 1. The quantitative estimate of drug-likeness (QED) is 0.838. The van der Waals surface area contributed by atoms with Crippen molar-refractivity contribution in [3.05, 3.63) is 53.3 Å². The molecule has 4 N–H and O–H groups in total. The average Bonchev–Trinajstić information content (AvgIpc) is 2.35. The van der Waals surface area contributed by atoms with Crippen molar-refractivity contribution in [3.8, 4) is 0 Å². The second kappa shape index (κ2) is 5.46. The standard InChI is InChI=1S/C16H19FN2S/c1-10-8-13(18)15(9-12(10)17)20-14-7-5-4-6-11(14)16(2,3)19/h4-9H,18-19H2,1-3H3. The summed E-state index contributed by atoms with van der Waals surface area (Å²) in [7, 11) is 0. The minimum absolute atomic E-state index is 0.244. The van der Waals surface area contributed by atoms with E-state index < -0.39 is 5.54 Å². The van der Waals surface area contributed by atoms with Crippen molar-refractivity contribution in [1.29, 1.82) is 0 Å². The Kier molecular flexibility index (Phi) is 4.06. The molecule has 106 valence electrons. The molecule has 0 saturated carbocycles. The van der Waals surface area contributed by atoms with Gasteiger partial charge >= 0.3 is 0 Å². The fourth-order valence-corrected chi connectivity index (χ4v) is 3.14. The summed E-state index contributed by atoms with van der Waals surface area (Å²) in [6.07, 6.45) is 0. The highest BCUT2D eigenvalue weighted by Crippen LogP contribution is 2.37. The summed E-state index contributed by atoms with van der Waals surface area (Å²) in [6, 6.07) is 11.0. The number of benzene rings is 2. The van der Waals surface area contributed by atoms with Gasteiger partial charge in [-0.2, -0.15) is 0 Å². The summed E-state index contributed by atoms with van der Waals surface area (Å²) in [4.78, 5) is 1.71. The fraction of sp³-hybridized carbons (Fsp3) is 0.250. The molecule has 2 rings (SSSR count). The van der Waals surface area contributed by atoms with Crippen molar-refractivity contribution in [2.45, 2.75) is 36.1 Å². The SMILES string of the molecule is Cc1cc(N)c(Sc2ccccc2C(C)(C)N)cc1F. The van der Waals surface area contributed by atoms with Gasteiger partial charge in [0.2, 0.25) is 0 Å². The Hall–Kier alpha value is -1.52. The molecule has 0 atom stereocenters. The minimum atomic E-state index is -0.457. The molecular weight excluding hydrogens is 271 g/mol. The van der Waals surface area contributed by atoms with E-state index in [9.17, 15) is 4.39 Å². The van der Waals surface area contributed by atoms with Crippen LogP contribution in [0, 0.1) is 12.7 Å². The van der Waals surface area contributed by atoms with Gasteiger partial charge in [-0.3, -0.25) is 0 Å². The molecule has 0 spiro atoms. The van der Waals surface area contributed by atoms with Crippen LogP contribution in [0.2, 0.25) is 0 Å². The van der Waals surface area contributed by atoms with Crippen LogP contribution in [0.1, 0.15) is 25.0 Å².